The second kappa shape index (κ2) is 11.2. The molecule has 158 valence electrons. The fraction of sp³-hybridized carbons (Fsp3) is 0.238. The number of benzene rings is 2. The number of hydrogen-bond acceptors (Lipinski definition) is 7. The van der Waals surface area contributed by atoms with Gasteiger partial charge >= 0.3 is 17.8 Å². The van der Waals surface area contributed by atoms with Crippen LogP contribution in [0.5, 0.6) is 11.5 Å². The number of rotatable bonds is 8. The van der Waals surface area contributed by atoms with E-state index in [2.05, 4.69) is 20.6 Å². The van der Waals surface area contributed by atoms with Gasteiger partial charge in [-0.1, -0.05) is 18.2 Å². The molecule has 0 atom stereocenters. The molecule has 0 heterocycles. The van der Waals surface area contributed by atoms with Crippen molar-refractivity contribution in [3.63, 3.8) is 0 Å². The molecule has 2 aromatic carbocycles. The highest BCUT2D eigenvalue weighted by Crippen LogP contribution is 2.27. The van der Waals surface area contributed by atoms with Gasteiger partial charge in [0.1, 0.15) is 0 Å². The number of hydrogen-bond donors (Lipinski definition) is 2. The molecule has 0 aliphatic heterocycles. The molecule has 2 rings (SSSR count). The Kier molecular flexibility index (Phi) is 8.37. The van der Waals surface area contributed by atoms with Gasteiger partial charge < -0.3 is 19.5 Å². The molecule has 0 fully saturated rings. The molecule has 0 aliphatic carbocycles. The smallest absolute Gasteiger partial charge is 0.337 e. The number of ether oxygens (including phenoxy) is 3. The Morgan fingerprint density at radius 3 is 2.27 bits per heavy atom. The van der Waals surface area contributed by atoms with Crippen molar-refractivity contribution in [3.05, 3.63) is 59.2 Å². The first-order valence-electron chi connectivity index (χ1n) is 8.99. The molecule has 2 amide bonds. The van der Waals surface area contributed by atoms with E-state index in [1.807, 2.05) is 6.07 Å². The number of methoxy groups -OCH3 is 3. The number of esters is 1. The van der Waals surface area contributed by atoms with Crippen molar-refractivity contribution in [1.82, 2.24) is 10.7 Å². The Labute approximate surface area is 174 Å². The van der Waals surface area contributed by atoms with Crippen LogP contribution in [0.15, 0.2) is 47.6 Å². The number of nitrogens with zero attached hydrogens (tertiary/aromatic N) is 1. The maximum atomic E-state index is 11.9. The predicted octanol–water partition coefficient (Wildman–Crippen LogP) is 1.30. The van der Waals surface area contributed by atoms with E-state index >= 15 is 0 Å². The molecular weight excluding hydrogens is 390 g/mol. The minimum atomic E-state index is -0.884. The molecule has 0 saturated heterocycles. The molecule has 0 bridgehead atoms. The molecule has 0 radical (unpaired) electrons. The van der Waals surface area contributed by atoms with E-state index in [0.717, 1.165) is 5.56 Å². The summed E-state index contributed by atoms with van der Waals surface area (Å²) in [7, 11) is 4.39. The van der Waals surface area contributed by atoms with Gasteiger partial charge in [-0.2, -0.15) is 5.10 Å². The summed E-state index contributed by atoms with van der Waals surface area (Å²) in [6.45, 7) is 0.264. The lowest BCUT2D eigenvalue weighted by Crippen LogP contribution is -2.38. The van der Waals surface area contributed by atoms with Crippen LogP contribution in [0, 0.1) is 0 Å². The fourth-order valence-corrected chi connectivity index (χ4v) is 2.48. The van der Waals surface area contributed by atoms with E-state index in [0.29, 0.717) is 29.0 Å². The molecule has 0 aliphatic rings. The standard InChI is InChI=1S/C21H23N3O6/c1-28-17-9-6-14(12-18(17)29-2)10-11-22-19(25)20(26)24-23-13-15-4-7-16(8-5-15)21(27)30-3/h4-9,12-13H,10-11H2,1-3H3,(H,22,25)(H,24,26)/b23-13+. The zero-order chi connectivity index (χ0) is 21.9. The van der Waals surface area contributed by atoms with Gasteiger partial charge in [-0.3, -0.25) is 9.59 Å². The van der Waals surface area contributed by atoms with Crippen molar-refractivity contribution >= 4 is 24.0 Å². The molecule has 30 heavy (non-hydrogen) atoms. The third-order valence-electron chi connectivity index (χ3n) is 4.06. The normalized spacial score (nSPS) is 10.4. The van der Waals surface area contributed by atoms with Gasteiger partial charge in [-0.05, 0) is 41.8 Å². The van der Waals surface area contributed by atoms with Gasteiger partial charge in [0.05, 0.1) is 33.1 Å². The van der Waals surface area contributed by atoms with Crippen molar-refractivity contribution in [2.75, 3.05) is 27.9 Å². The van der Waals surface area contributed by atoms with Crippen LogP contribution >= 0.6 is 0 Å². The van der Waals surface area contributed by atoms with Gasteiger partial charge in [0.2, 0.25) is 0 Å². The summed E-state index contributed by atoms with van der Waals surface area (Å²) in [5, 5.41) is 6.26. The topological polar surface area (TPSA) is 115 Å². The minimum absolute atomic E-state index is 0.264. The number of carbonyl (C=O) groups is 3. The molecule has 0 saturated carbocycles. The molecule has 2 N–H and O–H groups in total. The van der Waals surface area contributed by atoms with Gasteiger partial charge in [-0.15, -0.1) is 0 Å². The summed E-state index contributed by atoms with van der Waals surface area (Å²) >= 11 is 0. The SMILES string of the molecule is COC(=O)c1ccc(/C=N/NC(=O)C(=O)NCCc2ccc(OC)c(OC)c2)cc1. The summed E-state index contributed by atoms with van der Waals surface area (Å²) in [6, 6.07) is 11.8. The molecule has 0 aromatic heterocycles. The fourth-order valence-electron chi connectivity index (χ4n) is 2.48. The second-order valence-electron chi connectivity index (χ2n) is 6.01. The Bertz CT molecular complexity index is 925. The van der Waals surface area contributed by atoms with E-state index in [1.165, 1.54) is 13.3 Å². The molecule has 9 heteroatoms. The van der Waals surface area contributed by atoms with Crippen LogP contribution in [0.2, 0.25) is 0 Å². The van der Waals surface area contributed by atoms with Crippen molar-refractivity contribution in [1.29, 1.82) is 0 Å². The van der Waals surface area contributed by atoms with E-state index in [4.69, 9.17) is 9.47 Å². The van der Waals surface area contributed by atoms with Crippen molar-refractivity contribution < 1.29 is 28.6 Å². The monoisotopic (exact) mass is 413 g/mol. The Morgan fingerprint density at radius 2 is 1.63 bits per heavy atom. The van der Waals surface area contributed by atoms with Crippen LogP contribution < -0.4 is 20.2 Å². The zero-order valence-corrected chi connectivity index (χ0v) is 16.9. The average Bonchev–Trinajstić information content (AvgIpc) is 2.78. The highest BCUT2D eigenvalue weighted by atomic mass is 16.5. The van der Waals surface area contributed by atoms with E-state index in [1.54, 1.807) is 50.6 Å². The van der Waals surface area contributed by atoms with Crippen LogP contribution in [0.25, 0.3) is 0 Å². The first-order valence-corrected chi connectivity index (χ1v) is 8.99. The third kappa shape index (κ3) is 6.33. The lowest BCUT2D eigenvalue weighted by atomic mass is 10.1. The largest absolute Gasteiger partial charge is 0.493 e. The van der Waals surface area contributed by atoms with Crippen LogP contribution in [-0.2, 0) is 20.7 Å². The molecule has 0 unspecified atom stereocenters. The van der Waals surface area contributed by atoms with Gasteiger partial charge in [0.25, 0.3) is 0 Å². The Morgan fingerprint density at radius 1 is 0.933 bits per heavy atom. The molecule has 9 nitrogen and oxygen atoms in total. The summed E-state index contributed by atoms with van der Waals surface area (Å²) in [6.07, 6.45) is 1.87. The minimum Gasteiger partial charge on any atom is -0.493 e. The summed E-state index contributed by atoms with van der Waals surface area (Å²) in [4.78, 5) is 35.0. The van der Waals surface area contributed by atoms with E-state index < -0.39 is 17.8 Å². The van der Waals surface area contributed by atoms with Gasteiger partial charge in [-0.25, -0.2) is 10.2 Å². The summed E-state index contributed by atoms with van der Waals surface area (Å²) in [5.41, 5.74) is 4.10. The zero-order valence-electron chi connectivity index (χ0n) is 16.9. The molecular formula is C21H23N3O6. The van der Waals surface area contributed by atoms with Crippen LogP contribution in [0.1, 0.15) is 21.5 Å². The number of carbonyl (C=O) groups excluding carboxylic acids is 3. The molecule has 2 aromatic rings. The number of nitrogens with one attached hydrogen (secondary N) is 2. The highest BCUT2D eigenvalue weighted by Gasteiger charge is 2.12. The quantitative estimate of drug-likeness (QED) is 0.292. The number of amides is 2. The van der Waals surface area contributed by atoms with Gasteiger partial charge in [0.15, 0.2) is 11.5 Å². The van der Waals surface area contributed by atoms with Gasteiger partial charge in [0, 0.05) is 6.54 Å². The predicted molar refractivity (Wildman–Crippen MR) is 110 cm³/mol. The maximum absolute atomic E-state index is 11.9. The van der Waals surface area contributed by atoms with Crippen LogP contribution in [0.4, 0.5) is 0 Å². The average molecular weight is 413 g/mol. The molecule has 0 spiro atoms. The second-order valence-corrected chi connectivity index (χ2v) is 6.01. The Hall–Kier alpha value is -3.88. The Balaban J connectivity index is 1.79. The first-order chi connectivity index (χ1) is 14.5. The van der Waals surface area contributed by atoms with E-state index in [-0.39, 0.29) is 6.54 Å². The van der Waals surface area contributed by atoms with Crippen molar-refractivity contribution in [2.45, 2.75) is 6.42 Å². The van der Waals surface area contributed by atoms with E-state index in [9.17, 15) is 14.4 Å². The van der Waals surface area contributed by atoms with Crippen molar-refractivity contribution in [2.24, 2.45) is 5.10 Å². The lowest BCUT2D eigenvalue weighted by molar-refractivity contribution is -0.139. The van der Waals surface area contributed by atoms with Crippen molar-refractivity contribution in [3.8, 4) is 11.5 Å². The first kappa shape index (κ1) is 22.4. The van der Waals surface area contributed by atoms with Crippen LogP contribution in [-0.4, -0.2) is 51.9 Å². The summed E-state index contributed by atoms with van der Waals surface area (Å²) < 4.78 is 15.0. The maximum Gasteiger partial charge on any atom is 0.337 e. The van der Waals surface area contributed by atoms with Crippen LogP contribution in [0.3, 0.4) is 0 Å². The lowest BCUT2D eigenvalue weighted by Gasteiger charge is -2.10. The summed E-state index contributed by atoms with van der Waals surface area (Å²) in [5.74, 6) is -0.926. The highest BCUT2D eigenvalue weighted by molar-refractivity contribution is 6.35. The third-order valence-corrected chi connectivity index (χ3v) is 4.06. The number of hydrazone groups is 1.